The zero-order chi connectivity index (χ0) is 20.6. The van der Waals surface area contributed by atoms with Gasteiger partial charge in [0.1, 0.15) is 11.6 Å². The van der Waals surface area contributed by atoms with Crippen molar-refractivity contribution >= 4 is 0 Å². The smallest absolute Gasteiger partial charge is 0.134 e. The van der Waals surface area contributed by atoms with Gasteiger partial charge in [-0.1, -0.05) is 49.7 Å². The zero-order valence-corrected chi connectivity index (χ0v) is 17.0. The largest absolute Gasteiger partial charge is 0.493 e. The van der Waals surface area contributed by atoms with Crippen molar-refractivity contribution in [3.8, 4) is 28.0 Å². The van der Waals surface area contributed by atoms with E-state index < -0.39 is 0 Å². The Kier molecular flexibility index (Phi) is 7.39. The highest BCUT2D eigenvalue weighted by Crippen LogP contribution is 2.32. The summed E-state index contributed by atoms with van der Waals surface area (Å²) in [5.74, 6) is 0.250. The molecule has 0 unspecified atom stereocenters. The molecule has 0 bridgehead atoms. The molecule has 3 rings (SSSR count). The van der Waals surface area contributed by atoms with Crippen LogP contribution < -0.4 is 4.74 Å². The van der Waals surface area contributed by atoms with Gasteiger partial charge in [-0.15, -0.1) is 0 Å². The summed E-state index contributed by atoms with van der Waals surface area (Å²) in [7, 11) is 1.65. The summed E-state index contributed by atoms with van der Waals surface area (Å²) in [6, 6.07) is 18.6. The third kappa shape index (κ3) is 5.22. The molecule has 3 aromatic rings. The van der Waals surface area contributed by atoms with Crippen molar-refractivity contribution < 1.29 is 19.0 Å². The Bertz CT molecular complexity index is 935. The van der Waals surface area contributed by atoms with E-state index in [1.165, 1.54) is 6.07 Å². The van der Waals surface area contributed by atoms with E-state index in [2.05, 4.69) is 6.92 Å². The Morgan fingerprint density at radius 2 is 1.62 bits per heavy atom. The van der Waals surface area contributed by atoms with E-state index in [0.29, 0.717) is 24.5 Å². The fourth-order valence-electron chi connectivity index (χ4n) is 3.26. The van der Waals surface area contributed by atoms with Crippen molar-refractivity contribution in [2.75, 3.05) is 13.7 Å². The maximum absolute atomic E-state index is 14.7. The maximum atomic E-state index is 14.7. The fourth-order valence-corrected chi connectivity index (χ4v) is 3.26. The SMILES string of the molecule is CCCCOc1ccc(-c2ccc(-c3ccc(CO)cc3)c(COC)c2)c(F)c1. The first-order valence-corrected chi connectivity index (χ1v) is 9.91. The molecular formula is C25H27FO3. The monoisotopic (exact) mass is 394 g/mol. The van der Waals surface area contributed by atoms with Crippen molar-refractivity contribution in [3.05, 3.63) is 77.6 Å². The van der Waals surface area contributed by atoms with Crippen LogP contribution in [0.5, 0.6) is 5.75 Å². The van der Waals surface area contributed by atoms with E-state index in [1.54, 1.807) is 13.2 Å². The molecule has 0 aliphatic rings. The minimum absolute atomic E-state index is 0.0155. The molecule has 0 atom stereocenters. The quantitative estimate of drug-likeness (QED) is 0.454. The molecular weight excluding hydrogens is 367 g/mol. The first-order valence-electron chi connectivity index (χ1n) is 9.91. The standard InChI is InChI=1S/C25H27FO3/c1-3-4-13-29-22-10-12-24(25(26)15-22)20-9-11-23(21(14-20)17-28-2)19-7-5-18(16-27)6-8-19/h5-12,14-15,27H,3-4,13,16-17H2,1-2H3. The third-order valence-corrected chi connectivity index (χ3v) is 4.87. The number of benzene rings is 3. The van der Waals surface area contributed by atoms with Crippen molar-refractivity contribution in [2.45, 2.75) is 33.0 Å². The lowest BCUT2D eigenvalue weighted by molar-refractivity contribution is 0.185. The van der Waals surface area contributed by atoms with E-state index >= 15 is 0 Å². The number of unbranched alkanes of at least 4 members (excludes halogenated alkanes) is 1. The molecule has 0 heterocycles. The van der Waals surface area contributed by atoms with Gasteiger partial charge in [0.05, 0.1) is 19.8 Å². The van der Waals surface area contributed by atoms with Crippen LogP contribution >= 0.6 is 0 Å². The lowest BCUT2D eigenvalue weighted by Gasteiger charge is -2.13. The highest BCUT2D eigenvalue weighted by Gasteiger charge is 2.12. The van der Waals surface area contributed by atoms with Crippen molar-refractivity contribution in [3.63, 3.8) is 0 Å². The maximum Gasteiger partial charge on any atom is 0.134 e. The summed E-state index contributed by atoms with van der Waals surface area (Å²) < 4.78 is 25.7. The molecule has 4 heteroatoms. The molecule has 0 saturated carbocycles. The van der Waals surface area contributed by atoms with E-state index in [4.69, 9.17) is 9.47 Å². The fraction of sp³-hybridized carbons (Fsp3) is 0.280. The van der Waals surface area contributed by atoms with Gasteiger partial charge >= 0.3 is 0 Å². The van der Waals surface area contributed by atoms with Gasteiger partial charge in [0.2, 0.25) is 0 Å². The minimum atomic E-state index is -0.303. The van der Waals surface area contributed by atoms with Gasteiger partial charge in [0.15, 0.2) is 0 Å². The van der Waals surface area contributed by atoms with Crippen molar-refractivity contribution in [2.24, 2.45) is 0 Å². The van der Waals surface area contributed by atoms with Gasteiger partial charge in [0.25, 0.3) is 0 Å². The zero-order valence-electron chi connectivity index (χ0n) is 17.0. The second kappa shape index (κ2) is 10.2. The minimum Gasteiger partial charge on any atom is -0.493 e. The highest BCUT2D eigenvalue weighted by atomic mass is 19.1. The number of methoxy groups -OCH3 is 1. The summed E-state index contributed by atoms with van der Waals surface area (Å²) in [5, 5.41) is 9.24. The van der Waals surface area contributed by atoms with E-state index in [0.717, 1.165) is 40.7 Å². The predicted octanol–water partition coefficient (Wildman–Crippen LogP) is 5.98. The number of hydrogen-bond acceptors (Lipinski definition) is 3. The van der Waals surface area contributed by atoms with E-state index in [1.807, 2.05) is 48.5 Å². The van der Waals surface area contributed by atoms with Gasteiger partial charge in [-0.3, -0.25) is 0 Å². The number of aliphatic hydroxyl groups is 1. The molecule has 0 spiro atoms. The number of rotatable bonds is 9. The van der Waals surface area contributed by atoms with Crippen LogP contribution in [0.2, 0.25) is 0 Å². The summed E-state index contributed by atoms with van der Waals surface area (Å²) in [6.07, 6.45) is 1.99. The first kappa shape index (κ1) is 21.0. The molecule has 0 aromatic heterocycles. The molecule has 3 nitrogen and oxygen atoms in total. The van der Waals surface area contributed by atoms with Crippen LogP contribution in [0.25, 0.3) is 22.3 Å². The van der Waals surface area contributed by atoms with Crippen LogP contribution in [0.15, 0.2) is 60.7 Å². The van der Waals surface area contributed by atoms with Gasteiger partial charge in [-0.25, -0.2) is 4.39 Å². The van der Waals surface area contributed by atoms with Gasteiger partial charge in [-0.2, -0.15) is 0 Å². The molecule has 0 fully saturated rings. The van der Waals surface area contributed by atoms with Crippen LogP contribution in [0.3, 0.4) is 0 Å². The van der Waals surface area contributed by atoms with Crippen LogP contribution in [0, 0.1) is 5.82 Å². The molecule has 0 saturated heterocycles. The summed E-state index contributed by atoms with van der Waals surface area (Å²) in [6.45, 7) is 3.12. The first-order chi connectivity index (χ1) is 14.2. The van der Waals surface area contributed by atoms with Crippen molar-refractivity contribution in [1.82, 2.24) is 0 Å². The molecule has 29 heavy (non-hydrogen) atoms. The molecule has 152 valence electrons. The molecule has 0 aliphatic carbocycles. The summed E-state index contributed by atoms with van der Waals surface area (Å²) in [4.78, 5) is 0. The second-order valence-corrected chi connectivity index (χ2v) is 7.00. The molecule has 0 amide bonds. The van der Waals surface area contributed by atoms with E-state index in [-0.39, 0.29) is 12.4 Å². The predicted molar refractivity (Wildman–Crippen MR) is 114 cm³/mol. The van der Waals surface area contributed by atoms with Crippen molar-refractivity contribution in [1.29, 1.82) is 0 Å². The Morgan fingerprint density at radius 3 is 2.28 bits per heavy atom. The second-order valence-electron chi connectivity index (χ2n) is 7.00. The Morgan fingerprint density at radius 1 is 0.897 bits per heavy atom. The number of hydrogen-bond donors (Lipinski definition) is 1. The molecule has 1 N–H and O–H groups in total. The highest BCUT2D eigenvalue weighted by molar-refractivity contribution is 5.74. The van der Waals surface area contributed by atoms with Crippen LogP contribution in [0.1, 0.15) is 30.9 Å². The Labute approximate surface area is 171 Å². The normalized spacial score (nSPS) is 10.9. The molecule has 0 radical (unpaired) electrons. The molecule has 0 aliphatic heterocycles. The number of aliphatic hydroxyl groups excluding tert-OH is 1. The Hall–Kier alpha value is -2.69. The summed E-state index contributed by atoms with van der Waals surface area (Å²) in [5.41, 5.74) is 5.23. The van der Waals surface area contributed by atoms with Gasteiger partial charge < -0.3 is 14.6 Å². The average Bonchev–Trinajstić information content (AvgIpc) is 2.74. The lowest BCUT2D eigenvalue weighted by atomic mass is 9.94. The van der Waals surface area contributed by atoms with Crippen LogP contribution in [0.4, 0.5) is 4.39 Å². The number of ether oxygens (including phenoxy) is 2. The van der Waals surface area contributed by atoms with Crippen LogP contribution in [-0.2, 0) is 18.0 Å². The number of halogens is 1. The average molecular weight is 394 g/mol. The topological polar surface area (TPSA) is 38.7 Å². The summed E-state index contributed by atoms with van der Waals surface area (Å²) >= 11 is 0. The molecule has 3 aromatic carbocycles. The third-order valence-electron chi connectivity index (χ3n) is 4.87. The van der Waals surface area contributed by atoms with Gasteiger partial charge in [-0.05, 0) is 52.4 Å². The van der Waals surface area contributed by atoms with Crippen LogP contribution in [-0.4, -0.2) is 18.8 Å². The van der Waals surface area contributed by atoms with E-state index in [9.17, 15) is 9.50 Å². The lowest BCUT2D eigenvalue weighted by Crippen LogP contribution is -1.98. The Balaban J connectivity index is 1.91. The van der Waals surface area contributed by atoms with Gasteiger partial charge in [0, 0.05) is 18.7 Å².